The number of nitrogens with two attached hydrogens (primary N) is 1. The van der Waals surface area contributed by atoms with Gasteiger partial charge in [0, 0.05) is 6.54 Å². The predicted octanol–water partition coefficient (Wildman–Crippen LogP) is 2.07. The number of thiocarbonyl (C=S) groups is 1. The summed E-state index contributed by atoms with van der Waals surface area (Å²) in [5.41, 5.74) is 8.92. The fourth-order valence-electron chi connectivity index (χ4n) is 1.85. The minimum absolute atomic E-state index is 0.327. The van der Waals surface area contributed by atoms with Crippen LogP contribution < -0.4 is 11.1 Å². The van der Waals surface area contributed by atoms with Gasteiger partial charge in [0.25, 0.3) is 0 Å². The van der Waals surface area contributed by atoms with Crippen LogP contribution >= 0.6 is 12.2 Å². The highest BCUT2D eigenvalue weighted by Gasteiger charge is 2.05. The maximum Gasteiger partial charge on any atom is 0.158 e. The molecule has 5 heteroatoms. The Hall–Kier alpha value is -2.01. The summed E-state index contributed by atoms with van der Waals surface area (Å²) >= 11 is 4.98. The molecule has 0 unspecified atom stereocenters. The molecule has 0 aliphatic heterocycles. The molecule has 0 aliphatic carbocycles. The number of nitrogens with one attached hydrogen (secondary N) is 1. The van der Waals surface area contributed by atoms with E-state index in [2.05, 4.69) is 46.7 Å². The Morgan fingerprint density at radius 2 is 2.21 bits per heavy atom. The van der Waals surface area contributed by atoms with Gasteiger partial charge in [-0.05, 0) is 25.0 Å². The van der Waals surface area contributed by atoms with Gasteiger partial charge in [0.15, 0.2) is 5.82 Å². The molecule has 98 valence electrons. The number of anilines is 1. The Balaban J connectivity index is 1.98. The molecule has 19 heavy (non-hydrogen) atoms. The molecule has 0 bridgehead atoms. The lowest BCUT2D eigenvalue weighted by atomic mass is 10.1. The van der Waals surface area contributed by atoms with Crippen LogP contribution in [-0.2, 0) is 6.42 Å². The van der Waals surface area contributed by atoms with E-state index in [-0.39, 0.29) is 0 Å². The molecule has 0 saturated heterocycles. The number of nitrogens with zero attached hydrogens (tertiary/aromatic N) is 2. The Bertz CT molecular complexity index is 583. The van der Waals surface area contributed by atoms with E-state index in [4.69, 9.17) is 18.0 Å². The quantitative estimate of drug-likeness (QED) is 0.816. The van der Waals surface area contributed by atoms with Gasteiger partial charge in [-0.3, -0.25) is 0 Å². The first-order valence-corrected chi connectivity index (χ1v) is 6.48. The normalized spacial score (nSPS) is 10.2. The molecule has 1 aromatic heterocycles. The molecule has 0 atom stereocenters. The molecule has 0 radical (unpaired) electrons. The maximum atomic E-state index is 5.64. The van der Waals surface area contributed by atoms with Crippen molar-refractivity contribution in [3.05, 3.63) is 53.2 Å². The van der Waals surface area contributed by atoms with Gasteiger partial charge >= 0.3 is 0 Å². The predicted molar refractivity (Wildman–Crippen MR) is 81.3 cm³/mol. The van der Waals surface area contributed by atoms with E-state index in [0.717, 1.165) is 18.5 Å². The van der Waals surface area contributed by atoms with Crippen LogP contribution in [0.15, 0.2) is 36.5 Å². The minimum Gasteiger partial charge on any atom is -0.389 e. The summed E-state index contributed by atoms with van der Waals surface area (Å²) < 4.78 is 0. The summed E-state index contributed by atoms with van der Waals surface area (Å²) in [5, 5.41) is 11.1. The Morgan fingerprint density at radius 1 is 1.37 bits per heavy atom. The lowest BCUT2D eigenvalue weighted by Gasteiger charge is -2.09. The van der Waals surface area contributed by atoms with E-state index in [1.54, 1.807) is 12.3 Å². The molecular formula is C14H16N4S. The van der Waals surface area contributed by atoms with Crippen LogP contribution in [-0.4, -0.2) is 21.7 Å². The van der Waals surface area contributed by atoms with Crippen LogP contribution in [0.4, 0.5) is 5.82 Å². The van der Waals surface area contributed by atoms with Crippen molar-refractivity contribution >= 4 is 23.0 Å². The third-order valence-corrected chi connectivity index (χ3v) is 2.99. The van der Waals surface area contributed by atoms with Crippen molar-refractivity contribution in [3.63, 3.8) is 0 Å². The molecule has 1 heterocycles. The Morgan fingerprint density at radius 3 is 2.95 bits per heavy atom. The number of benzene rings is 1. The molecule has 0 aliphatic rings. The SMILES string of the molecule is Cc1cccc(CCNc2nnccc2C(N)=S)c1. The van der Waals surface area contributed by atoms with Crippen LogP contribution in [0, 0.1) is 6.92 Å². The van der Waals surface area contributed by atoms with Crippen molar-refractivity contribution in [1.82, 2.24) is 10.2 Å². The molecule has 0 fully saturated rings. The number of aromatic nitrogens is 2. The molecule has 4 nitrogen and oxygen atoms in total. The molecule has 1 aromatic carbocycles. The number of hydrogen-bond acceptors (Lipinski definition) is 4. The van der Waals surface area contributed by atoms with Crippen molar-refractivity contribution in [1.29, 1.82) is 0 Å². The highest BCUT2D eigenvalue weighted by atomic mass is 32.1. The molecule has 2 aromatic rings. The largest absolute Gasteiger partial charge is 0.389 e. The van der Waals surface area contributed by atoms with E-state index in [9.17, 15) is 0 Å². The zero-order valence-corrected chi connectivity index (χ0v) is 11.6. The molecule has 2 rings (SSSR count). The van der Waals surface area contributed by atoms with Crippen LogP contribution in [0.1, 0.15) is 16.7 Å². The zero-order valence-electron chi connectivity index (χ0n) is 10.8. The molecule has 3 N–H and O–H groups in total. The maximum absolute atomic E-state index is 5.64. The lowest BCUT2D eigenvalue weighted by molar-refractivity contribution is 0.963. The molecular weight excluding hydrogens is 256 g/mol. The fraction of sp³-hybridized carbons (Fsp3) is 0.214. The standard InChI is InChI=1S/C14H16N4S/c1-10-3-2-4-11(9-10)5-7-16-14-12(13(15)19)6-8-17-18-14/h2-4,6,8-9H,5,7H2,1H3,(H2,15,19)(H,16,18). The fourth-order valence-corrected chi connectivity index (χ4v) is 2.02. The van der Waals surface area contributed by atoms with Gasteiger partial charge in [0.2, 0.25) is 0 Å². The van der Waals surface area contributed by atoms with Crippen molar-refractivity contribution in [3.8, 4) is 0 Å². The van der Waals surface area contributed by atoms with E-state index in [1.807, 2.05) is 0 Å². The average molecular weight is 272 g/mol. The van der Waals surface area contributed by atoms with Crippen molar-refractivity contribution in [2.75, 3.05) is 11.9 Å². The van der Waals surface area contributed by atoms with Crippen LogP contribution in [0.2, 0.25) is 0 Å². The van der Waals surface area contributed by atoms with Crippen molar-refractivity contribution < 1.29 is 0 Å². The summed E-state index contributed by atoms with van der Waals surface area (Å²) in [4.78, 5) is 0.327. The third kappa shape index (κ3) is 3.72. The Labute approximate surface area is 118 Å². The highest BCUT2D eigenvalue weighted by molar-refractivity contribution is 7.80. The summed E-state index contributed by atoms with van der Waals surface area (Å²) in [6, 6.07) is 10.2. The Kier molecular flexibility index (Phi) is 4.41. The first-order chi connectivity index (χ1) is 9.16. The number of hydrogen-bond donors (Lipinski definition) is 2. The first-order valence-electron chi connectivity index (χ1n) is 6.08. The van der Waals surface area contributed by atoms with Gasteiger partial charge in [-0.25, -0.2) is 0 Å². The van der Waals surface area contributed by atoms with E-state index < -0.39 is 0 Å². The van der Waals surface area contributed by atoms with Gasteiger partial charge in [-0.2, -0.15) is 5.10 Å². The summed E-state index contributed by atoms with van der Waals surface area (Å²) in [7, 11) is 0. The smallest absolute Gasteiger partial charge is 0.158 e. The van der Waals surface area contributed by atoms with Gasteiger partial charge in [0.1, 0.15) is 4.99 Å². The van der Waals surface area contributed by atoms with E-state index >= 15 is 0 Å². The second-order valence-corrected chi connectivity index (χ2v) is 4.76. The third-order valence-electron chi connectivity index (χ3n) is 2.77. The highest BCUT2D eigenvalue weighted by Crippen LogP contribution is 2.10. The average Bonchev–Trinajstić information content (AvgIpc) is 2.39. The van der Waals surface area contributed by atoms with E-state index in [0.29, 0.717) is 10.8 Å². The van der Waals surface area contributed by atoms with E-state index in [1.165, 1.54) is 11.1 Å². The van der Waals surface area contributed by atoms with Crippen molar-refractivity contribution in [2.24, 2.45) is 5.73 Å². The van der Waals surface area contributed by atoms with Crippen LogP contribution in [0.5, 0.6) is 0 Å². The lowest BCUT2D eigenvalue weighted by Crippen LogP contribution is -2.16. The number of rotatable bonds is 5. The van der Waals surface area contributed by atoms with Gasteiger partial charge < -0.3 is 11.1 Å². The van der Waals surface area contributed by atoms with Crippen LogP contribution in [0.3, 0.4) is 0 Å². The topological polar surface area (TPSA) is 63.8 Å². The number of aryl methyl sites for hydroxylation is 1. The second kappa shape index (κ2) is 6.24. The van der Waals surface area contributed by atoms with Crippen LogP contribution in [0.25, 0.3) is 0 Å². The van der Waals surface area contributed by atoms with Gasteiger partial charge in [-0.15, -0.1) is 5.10 Å². The van der Waals surface area contributed by atoms with Gasteiger partial charge in [-0.1, -0.05) is 42.0 Å². The second-order valence-electron chi connectivity index (χ2n) is 4.32. The van der Waals surface area contributed by atoms with Gasteiger partial charge in [0.05, 0.1) is 11.8 Å². The monoisotopic (exact) mass is 272 g/mol. The molecule has 0 amide bonds. The molecule has 0 spiro atoms. The zero-order chi connectivity index (χ0) is 13.7. The summed E-state index contributed by atoms with van der Waals surface area (Å²) in [6.07, 6.45) is 2.50. The first kappa shape index (κ1) is 13.4. The van der Waals surface area contributed by atoms with Crippen molar-refractivity contribution in [2.45, 2.75) is 13.3 Å². The minimum atomic E-state index is 0.327. The summed E-state index contributed by atoms with van der Waals surface area (Å²) in [6.45, 7) is 2.85. The summed E-state index contributed by atoms with van der Waals surface area (Å²) in [5.74, 6) is 0.641. The molecule has 0 saturated carbocycles.